The quantitative estimate of drug-likeness (QED) is 0.590. The Hall–Kier alpha value is -3.87. The summed E-state index contributed by atoms with van der Waals surface area (Å²) in [5.41, 5.74) is 7.91. The number of carbonyl (C=O) groups is 1. The molecule has 1 amide bonds. The van der Waals surface area contributed by atoms with E-state index in [9.17, 15) is 4.79 Å². The number of primary amides is 1. The third kappa shape index (κ3) is 2.93. The highest BCUT2D eigenvalue weighted by Gasteiger charge is 2.13. The summed E-state index contributed by atoms with van der Waals surface area (Å²) in [5, 5.41) is 4.04. The average Bonchev–Trinajstić information content (AvgIpc) is 2.69. The van der Waals surface area contributed by atoms with Gasteiger partial charge in [0.1, 0.15) is 12.1 Å². The molecule has 0 unspecified atom stereocenters. The van der Waals surface area contributed by atoms with Crippen molar-refractivity contribution in [2.45, 2.75) is 0 Å². The maximum Gasteiger partial charge on any atom is 0.250 e. The van der Waals surface area contributed by atoms with Gasteiger partial charge < -0.3 is 11.1 Å². The molecule has 0 saturated carbocycles. The van der Waals surface area contributed by atoms with Gasteiger partial charge >= 0.3 is 0 Å². The molecule has 126 valence electrons. The lowest BCUT2D eigenvalue weighted by atomic mass is 10.1. The molecule has 0 bridgehead atoms. The molecular formula is C19H14N6O. The fourth-order valence-corrected chi connectivity index (χ4v) is 2.65. The summed E-state index contributed by atoms with van der Waals surface area (Å²) < 4.78 is 0. The van der Waals surface area contributed by atoms with Gasteiger partial charge in [-0.3, -0.25) is 4.79 Å². The van der Waals surface area contributed by atoms with Crippen molar-refractivity contribution in [3.05, 3.63) is 72.8 Å². The van der Waals surface area contributed by atoms with Gasteiger partial charge in [-0.25, -0.2) is 19.9 Å². The van der Waals surface area contributed by atoms with Gasteiger partial charge in [-0.2, -0.15) is 0 Å². The summed E-state index contributed by atoms with van der Waals surface area (Å²) >= 11 is 0. The normalized spacial score (nSPS) is 10.6. The zero-order valence-corrected chi connectivity index (χ0v) is 13.6. The van der Waals surface area contributed by atoms with Crippen LogP contribution in [0.1, 0.15) is 10.4 Å². The predicted octanol–water partition coefficient (Wildman–Crippen LogP) is 2.93. The monoisotopic (exact) mass is 342 g/mol. The third-order valence-electron chi connectivity index (χ3n) is 3.87. The van der Waals surface area contributed by atoms with Crippen molar-refractivity contribution in [1.29, 1.82) is 0 Å². The van der Waals surface area contributed by atoms with Gasteiger partial charge in [-0.15, -0.1) is 0 Å². The number of hydrogen-bond donors (Lipinski definition) is 2. The van der Waals surface area contributed by atoms with Gasteiger partial charge in [0.25, 0.3) is 5.91 Å². The van der Waals surface area contributed by atoms with Gasteiger partial charge in [0.05, 0.1) is 22.3 Å². The van der Waals surface area contributed by atoms with Crippen molar-refractivity contribution in [1.82, 2.24) is 19.9 Å². The molecule has 0 atom stereocenters. The van der Waals surface area contributed by atoms with E-state index < -0.39 is 5.91 Å². The minimum atomic E-state index is -0.511. The van der Waals surface area contributed by atoms with Crippen molar-refractivity contribution in [2.24, 2.45) is 5.73 Å². The number of hydrogen-bond acceptors (Lipinski definition) is 6. The molecule has 26 heavy (non-hydrogen) atoms. The molecule has 0 aliphatic rings. The van der Waals surface area contributed by atoms with Gasteiger partial charge in [-0.1, -0.05) is 24.3 Å². The van der Waals surface area contributed by atoms with Crippen LogP contribution in [0.2, 0.25) is 0 Å². The van der Waals surface area contributed by atoms with Crippen LogP contribution in [0.15, 0.2) is 67.3 Å². The molecule has 0 saturated heterocycles. The SMILES string of the molecule is NC(=O)c1ccccc1Nc1nc(-c2cncnc2)nc2ccccc12. The van der Waals surface area contributed by atoms with E-state index in [0.717, 1.165) is 10.9 Å². The number of aromatic nitrogens is 4. The van der Waals surface area contributed by atoms with E-state index in [4.69, 9.17) is 5.73 Å². The second-order valence-electron chi connectivity index (χ2n) is 5.57. The lowest BCUT2D eigenvalue weighted by Crippen LogP contribution is -2.13. The van der Waals surface area contributed by atoms with Gasteiger partial charge in [-0.05, 0) is 24.3 Å². The number of benzene rings is 2. The first-order valence-corrected chi connectivity index (χ1v) is 7.90. The Balaban J connectivity index is 1.88. The zero-order chi connectivity index (χ0) is 17.9. The Labute approximate surface area is 149 Å². The number of para-hydroxylation sites is 2. The second-order valence-corrected chi connectivity index (χ2v) is 5.57. The number of amides is 1. The van der Waals surface area contributed by atoms with E-state index in [1.807, 2.05) is 30.3 Å². The fraction of sp³-hybridized carbons (Fsp3) is 0. The maximum absolute atomic E-state index is 11.7. The number of fused-ring (bicyclic) bond motifs is 1. The molecule has 7 heteroatoms. The number of carbonyl (C=O) groups excluding carboxylic acids is 1. The third-order valence-corrected chi connectivity index (χ3v) is 3.87. The van der Waals surface area contributed by atoms with Crippen LogP contribution in [-0.2, 0) is 0 Å². The van der Waals surface area contributed by atoms with E-state index in [1.54, 1.807) is 30.6 Å². The van der Waals surface area contributed by atoms with E-state index >= 15 is 0 Å². The van der Waals surface area contributed by atoms with Crippen molar-refractivity contribution in [3.63, 3.8) is 0 Å². The van der Waals surface area contributed by atoms with Crippen LogP contribution in [-0.4, -0.2) is 25.8 Å². The molecule has 4 aromatic rings. The van der Waals surface area contributed by atoms with Crippen molar-refractivity contribution >= 4 is 28.3 Å². The van der Waals surface area contributed by atoms with Gasteiger partial charge in [0.15, 0.2) is 5.82 Å². The van der Waals surface area contributed by atoms with Crippen LogP contribution < -0.4 is 11.1 Å². The Bertz CT molecular complexity index is 1100. The Kier molecular flexibility index (Phi) is 3.95. The molecule has 0 spiro atoms. The number of nitrogens with zero attached hydrogens (tertiary/aromatic N) is 4. The average molecular weight is 342 g/mol. The van der Waals surface area contributed by atoms with E-state index in [-0.39, 0.29) is 0 Å². The molecule has 2 heterocycles. The molecule has 4 rings (SSSR count). The molecule has 3 N–H and O–H groups in total. The van der Waals surface area contributed by atoms with Crippen LogP contribution in [0.4, 0.5) is 11.5 Å². The largest absolute Gasteiger partial charge is 0.366 e. The Morgan fingerprint density at radius 3 is 2.46 bits per heavy atom. The maximum atomic E-state index is 11.7. The van der Waals surface area contributed by atoms with Crippen LogP contribution in [0.3, 0.4) is 0 Å². The molecule has 0 aliphatic heterocycles. The van der Waals surface area contributed by atoms with Gasteiger partial charge in [0.2, 0.25) is 0 Å². The van der Waals surface area contributed by atoms with E-state index in [2.05, 4.69) is 25.3 Å². The van der Waals surface area contributed by atoms with Crippen molar-refractivity contribution in [2.75, 3.05) is 5.32 Å². The van der Waals surface area contributed by atoms with Gasteiger partial charge in [0, 0.05) is 17.8 Å². The first-order valence-electron chi connectivity index (χ1n) is 7.90. The number of anilines is 2. The molecule has 2 aromatic heterocycles. The first-order chi connectivity index (χ1) is 12.7. The number of rotatable bonds is 4. The summed E-state index contributed by atoms with van der Waals surface area (Å²) in [7, 11) is 0. The second kappa shape index (κ2) is 6.56. The standard InChI is InChI=1S/C19H14N6O/c20-17(26)13-5-1-3-7-15(13)24-19-14-6-2-4-8-16(14)23-18(25-19)12-9-21-11-22-10-12/h1-11H,(H2,20,26)(H,23,24,25). The summed E-state index contributed by atoms with van der Waals surface area (Å²) in [4.78, 5) is 28.9. The minimum absolute atomic E-state index is 0.389. The summed E-state index contributed by atoms with van der Waals surface area (Å²) in [6.45, 7) is 0. The van der Waals surface area contributed by atoms with Crippen LogP contribution >= 0.6 is 0 Å². The zero-order valence-electron chi connectivity index (χ0n) is 13.6. The highest BCUT2D eigenvalue weighted by atomic mass is 16.1. The topological polar surface area (TPSA) is 107 Å². The van der Waals surface area contributed by atoms with Crippen molar-refractivity contribution in [3.8, 4) is 11.4 Å². The highest BCUT2D eigenvalue weighted by molar-refractivity contribution is 6.00. The molecule has 2 aromatic carbocycles. The first kappa shape index (κ1) is 15.6. The van der Waals surface area contributed by atoms with Crippen LogP contribution in [0.5, 0.6) is 0 Å². The summed E-state index contributed by atoms with van der Waals surface area (Å²) in [6.07, 6.45) is 4.75. The Morgan fingerprint density at radius 2 is 1.65 bits per heavy atom. The summed E-state index contributed by atoms with van der Waals surface area (Å²) in [5.74, 6) is 0.551. The van der Waals surface area contributed by atoms with Crippen LogP contribution in [0.25, 0.3) is 22.3 Å². The Morgan fingerprint density at radius 1 is 0.923 bits per heavy atom. The fourth-order valence-electron chi connectivity index (χ4n) is 2.65. The lowest BCUT2D eigenvalue weighted by molar-refractivity contribution is 0.100. The number of nitrogens with one attached hydrogen (secondary N) is 1. The molecular weight excluding hydrogens is 328 g/mol. The molecule has 7 nitrogen and oxygen atoms in total. The van der Waals surface area contributed by atoms with E-state index in [1.165, 1.54) is 6.33 Å². The highest BCUT2D eigenvalue weighted by Crippen LogP contribution is 2.28. The minimum Gasteiger partial charge on any atom is -0.366 e. The molecule has 0 fully saturated rings. The van der Waals surface area contributed by atoms with Crippen LogP contribution in [0, 0.1) is 0 Å². The molecule has 0 radical (unpaired) electrons. The smallest absolute Gasteiger partial charge is 0.250 e. The molecule has 0 aliphatic carbocycles. The predicted molar refractivity (Wildman–Crippen MR) is 98.8 cm³/mol. The van der Waals surface area contributed by atoms with Crippen molar-refractivity contribution < 1.29 is 4.79 Å². The number of nitrogens with two attached hydrogens (primary N) is 1. The van der Waals surface area contributed by atoms with E-state index in [0.29, 0.717) is 28.5 Å². The lowest BCUT2D eigenvalue weighted by Gasteiger charge is -2.12. The summed E-state index contributed by atoms with van der Waals surface area (Å²) in [6, 6.07) is 14.7.